The Bertz CT molecular complexity index is 1120. The molecular formula is C24H20N2O4. The van der Waals surface area contributed by atoms with Crippen LogP contribution in [-0.2, 0) is 16.1 Å². The van der Waals surface area contributed by atoms with E-state index in [0.717, 1.165) is 11.1 Å². The fraction of sp³-hybridized carbons (Fsp3) is 0.125. The van der Waals surface area contributed by atoms with E-state index in [1.165, 1.54) is 17.0 Å². The number of aliphatic hydroxyl groups excluding tert-OH is 1. The molecule has 150 valence electrons. The number of phenolic OH excluding ortho intramolecular Hbond substituents is 1. The molecule has 2 aromatic carbocycles. The normalized spacial score (nSPS) is 18.0. The number of carbonyl (C=O) groups excluding carboxylic acids is 2. The topological polar surface area (TPSA) is 90.7 Å². The third kappa shape index (κ3) is 3.55. The van der Waals surface area contributed by atoms with Gasteiger partial charge < -0.3 is 15.1 Å². The van der Waals surface area contributed by atoms with E-state index in [1.54, 1.807) is 48.8 Å². The van der Waals surface area contributed by atoms with Crippen LogP contribution in [-0.4, -0.2) is 31.8 Å². The molecule has 2 N–H and O–H groups in total. The zero-order chi connectivity index (χ0) is 21.3. The highest BCUT2D eigenvalue weighted by Gasteiger charge is 2.46. The molecule has 1 atom stereocenters. The van der Waals surface area contributed by atoms with E-state index in [0.29, 0.717) is 11.1 Å². The minimum Gasteiger partial charge on any atom is -0.508 e. The lowest BCUT2D eigenvalue weighted by molar-refractivity contribution is -0.140. The average Bonchev–Trinajstić information content (AvgIpc) is 3.00. The predicted molar refractivity (Wildman–Crippen MR) is 111 cm³/mol. The molecule has 4 rings (SSSR count). The van der Waals surface area contributed by atoms with Crippen molar-refractivity contribution in [1.29, 1.82) is 0 Å². The van der Waals surface area contributed by atoms with Crippen molar-refractivity contribution in [2.45, 2.75) is 19.5 Å². The van der Waals surface area contributed by atoms with E-state index in [9.17, 15) is 19.8 Å². The van der Waals surface area contributed by atoms with Crippen molar-refractivity contribution < 1.29 is 19.8 Å². The summed E-state index contributed by atoms with van der Waals surface area (Å²) in [6, 6.07) is 16.1. The number of carbonyl (C=O) groups is 2. The zero-order valence-corrected chi connectivity index (χ0v) is 16.3. The van der Waals surface area contributed by atoms with Gasteiger partial charge in [-0.3, -0.25) is 14.6 Å². The van der Waals surface area contributed by atoms with Crippen molar-refractivity contribution in [3.63, 3.8) is 0 Å². The average molecular weight is 400 g/mol. The number of likely N-dealkylation sites (tertiary alicyclic amines) is 1. The van der Waals surface area contributed by atoms with E-state index < -0.39 is 17.7 Å². The van der Waals surface area contributed by atoms with Crippen LogP contribution in [0, 0.1) is 6.92 Å². The van der Waals surface area contributed by atoms with Gasteiger partial charge in [-0.2, -0.15) is 0 Å². The highest BCUT2D eigenvalue weighted by molar-refractivity contribution is 6.46. The van der Waals surface area contributed by atoms with Gasteiger partial charge in [-0.25, -0.2) is 0 Å². The number of pyridine rings is 1. The lowest BCUT2D eigenvalue weighted by Gasteiger charge is -2.25. The van der Waals surface area contributed by atoms with Crippen molar-refractivity contribution in [2.75, 3.05) is 0 Å². The van der Waals surface area contributed by atoms with E-state index in [1.807, 2.05) is 19.1 Å². The molecule has 1 amide bonds. The summed E-state index contributed by atoms with van der Waals surface area (Å²) in [6.07, 6.45) is 3.24. The molecule has 1 saturated heterocycles. The number of aromatic hydroxyl groups is 1. The number of rotatable bonds is 4. The zero-order valence-electron chi connectivity index (χ0n) is 16.3. The first-order valence-electron chi connectivity index (χ1n) is 9.49. The summed E-state index contributed by atoms with van der Waals surface area (Å²) in [5.74, 6) is -1.56. The lowest BCUT2D eigenvalue weighted by Crippen LogP contribution is -2.29. The Kier molecular flexibility index (Phi) is 5.06. The SMILES string of the molecule is Cc1ccc(/C(O)=C2\C(=O)C(=O)N(Cc3ccncc3)C2c2ccc(O)cc2)cc1. The second kappa shape index (κ2) is 7.83. The summed E-state index contributed by atoms with van der Waals surface area (Å²) in [7, 11) is 0. The maximum absolute atomic E-state index is 13.0. The molecule has 1 aromatic heterocycles. The molecule has 0 bridgehead atoms. The summed E-state index contributed by atoms with van der Waals surface area (Å²) in [5, 5.41) is 20.7. The van der Waals surface area contributed by atoms with Gasteiger partial charge in [-0.15, -0.1) is 0 Å². The number of Topliss-reactive ketones (excluding diaryl/α,β-unsaturated/α-hetero) is 1. The number of amides is 1. The first-order valence-corrected chi connectivity index (χ1v) is 9.49. The molecule has 6 nitrogen and oxygen atoms in total. The van der Waals surface area contributed by atoms with Gasteiger partial charge in [-0.05, 0) is 42.3 Å². The summed E-state index contributed by atoms with van der Waals surface area (Å²) in [6.45, 7) is 2.11. The second-order valence-electron chi connectivity index (χ2n) is 7.24. The number of hydrogen-bond donors (Lipinski definition) is 2. The van der Waals surface area contributed by atoms with E-state index in [2.05, 4.69) is 4.98 Å². The number of hydrogen-bond acceptors (Lipinski definition) is 5. The molecule has 6 heteroatoms. The van der Waals surface area contributed by atoms with Gasteiger partial charge >= 0.3 is 0 Å². The van der Waals surface area contributed by atoms with Crippen molar-refractivity contribution in [3.8, 4) is 5.75 Å². The molecule has 30 heavy (non-hydrogen) atoms. The van der Waals surface area contributed by atoms with Crippen LogP contribution in [0.1, 0.15) is 28.3 Å². The smallest absolute Gasteiger partial charge is 0.295 e. The number of aliphatic hydroxyl groups is 1. The molecule has 3 aromatic rings. The first kappa shape index (κ1) is 19.4. The van der Waals surface area contributed by atoms with Crippen molar-refractivity contribution in [3.05, 3.63) is 101 Å². The molecule has 2 heterocycles. The monoisotopic (exact) mass is 400 g/mol. The van der Waals surface area contributed by atoms with Gasteiger partial charge in [0.1, 0.15) is 11.5 Å². The van der Waals surface area contributed by atoms with Crippen LogP contribution >= 0.6 is 0 Å². The van der Waals surface area contributed by atoms with Crippen LogP contribution in [0.5, 0.6) is 5.75 Å². The Hall–Kier alpha value is -3.93. The van der Waals surface area contributed by atoms with E-state index in [4.69, 9.17) is 0 Å². The number of nitrogens with zero attached hydrogens (tertiary/aromatic N) is 2. The molecule has 0 saturated carbocycles. The third-order valence-corrected chi connectivity index (χ3v) is 5.18. The van der Waals surface area contributed by atoms with Crippen molar-refractivity contribution in [1.82, 2.24) is 9.88 Å². The predicted octanol–water partition coefficient (Wildman–Crippen LogP) is 3.72. The van der Waals surface area contributed by atoms with Crippen LogP contribution in [0.15, 0.2) is 78.6 Å². The molecular weight excluding hydrogens is 380 g/mol. The Balaban J connectivity index is 1.85. The number of phenols is 1. The van der Waals surface area contributed by atoms with E-state index in [-0.39, 0.29) is 23.6 Å². The highest BCUT2D eigenvalue weighted by Crippen LogP contribution is 2.40. The first-order chi connectivity index (χ1) is 14.5. The molecule has 1 aliphatic rings. The standard InChI is InChI=1S/C24H20N2O4/c1-15-2-4-18(5-3-15)22(28)20-21(17-6-8-19(27)9-7-17)26(24(30)23(20)29)14-16-10-12-25-13-11-16/h2-13,21,27-28H,14H2,1H3/b22-20+. The molecule has 1 fully saturated rings. The van der Waals surface area contributed by atoms with Crippen molar-refractivity contribution >= 4 is 17.4 Å². The Labute approximate surface area is 173 Å². The summed E-state index contributed by atoms with van der Waals surface area (Å²) in [5.41, 5.74) is 2.94. The van der Waals surface area contributed by atoms with E-state index >= 15 is 0 Å². The van der Waals surface area contributed by atoms with Gasteiger partial charge in [0, 0.05) is 24.5 Å². The number of benzene rings is 2. The summed E-state index contributed by atoms with van der Waals surface area (Å²) >= 11 is 0. The molecule has 1 unspecified atom stereocenters. The van der Waals surface area contributed by atoms with Gasteiger partial charge in [-0.1, -0.05) is 42.0 Å². The molecule has 0 aliphatic carbocycles. The Morgan fingerprint density at radius 2 is 1.60 bits per heavy atom. The second-order valence-corrected chi connectivity index (χ2v) is 7.24. The maximum Gasteiger partial charge on any atom is 0.295 e. The molecule has 1 aliphatic heterocycles. The highest BCUT2D eigenvalue weighted by atomic mass is 16.3. The van der Waals surface area contributed by atoms with Gasteiger partial charge in [0.2, 0.25) is 0 Å². The largest absolute Gasteiger partial charge is 0.508 e. The molecule has 0 radical (unpaired) electrons. The van der Waals surface area contributed by atoms with Gasteiger partial charge in [0.05, 0.1) is 11.6 Å². The van der Waals surface area contributed by atoms with Gasteiger partial charge in [0.25, 0.3) is 11.7 Å². The van der Waals surface area contributed by atoms with Gasteiger partial charge in [0.15, 0.2) is 0 Å². The van der Waals surface area contributed by atoms with Crippen LogP contribution < -0.4 is 0 Å². The summed E-state index contributed by atoms with van der Waals surface area (Å²) in [4.78, 5) is 31.3. The van der Waals surface area contributed by atoms with Crippen LogP contribution in [0.25, 0.3) is 5.76 Å². The van der Waals surface area contributed by atoms with Crippen LogP contribution in [0.4, 0.5) is 0 Å². The number of ketones is 1. The number of aryl methyl sites for hydroxylation is 1. The minimum atomic E-state index is -0.778. The maximum atomic E-state index is 13.0. The fourth-order valence-corrected chi connectivity index (χ4v) is 3.60. The Morgan fingerprint density at radius 3 is 2.23 bits per heavy atom. The summed E-state index contributed by atoms with van der Waals surface area (Å²) < 4.78 is 0. The fourth-order valence-electron chi connectivity index (χ4n) is 3.60. The number of aromatic nitrogens is 1. The minimum absolute atomic E-state index is 0.0311. The van der Waals surface area contributed by atoms with Crippen LogP contribution in [0.2, 0.25) is 0 Å². The van der Waals surface area contributed by atoms with Crippen molar-refractivity contribution in [2.24, 2.45) is 0 Å². The lowest BCUT2D eigenvalue weighted by atomic mass is 9.95. The van der Waals surface area contributed by atoms with Crippen LogP contribution in [0.3, 0.4) is 0 Å². The third-order valence-electron chi connectivity index (χ3n) is 5.18. The quantitative estimate of drug-likeness (QED) is 0.396. The Morgan fingerprint density at radius 1 is 0.967 bits per heavy atom. The molecule has 0 spiro atoms.